The van der Waals surface area contributed by atoms with E-state index in [-0.39, 0.29) is 12.4 Å². The van der Waals surface area contributed by atoms with Gasteiger partial charge in [-0.05, 0) is 55.5 Å². The summed E-state index contributed by atoms with van der Waals surface area (Å²) in [6.07, 6.45) is 6.15. The number of ether oxygens (including phenoxy) is 3. The Morgan fingerprint density at radius 2 is 1.59 bits per heavy atom. The molecule has 0 aliphatic rings. The summed E-state index contributed by atoms with van der Waals surface area (Å²) in [6.45, 7) is 1.34. The van der Waals surface area contributed by atoms with Gasteiger partial charge in [-0.1, -0.05) is 42.5 Å². The van der Waals surface area contributed by atoms with E-state index < -0.39 is 6.10 Å². The molecule has 0 spiro atoms. The Balaban J connectivity index is 1.58. The second kappa shape index (κ2) is 13.4. The Hall–Kier alpha value is -2.79. The number of para-hydroxylation sites is 1. The molecule has 2 rings (SSSR count). The van der Waals surface area contributed by atoms with E-state index in [9.17, 15) is 9.90 Å². The van der Waals surface area contributed by atoms with Crippen molar-refractivity contribution in [3.63, 3.8) is 0 Å². The zero-order valence-corrected chi connectivity index (χ0v) is 17.0. The van der Waals surface area contributed by atoms with E-state index in [1.807, 2.05) is 60.7 Å². The third kappa shape index (κ3) is 9.81. The van der Waals surface area contributed by atoms with Crippen LogP contribution in [0.1, 0.15) is 31.2 Å². The summed E-state index contributed by atoms with van der Waals surface area (Å²) < 4.78 is 16.0. The normalized spacial score (nSPS) is 11.9. The summed E-state index contributed by atoms with van der Waals surface area (Å²) in [7, 11) is 1.35. The Bertz CT molecular complexity index is 725. The van der Waals surface area contributed by atoms with Crippen molar-refractivity contribution in [1.82, 2.24) is 0 Å². The zero-order chi connectivity index (χ0) is 20.7. The van der Waals surface area contributed by atoms with Crippen LogP contribution in [0.3, 0.4) is 0 Å². The van der Waals surface area contributed by atoms with Crippen LogP contribution in [0.5, 0.6) is 11.5 Å². The third-order valence-electron chi connectivity index (χ3n) is 4.33. The molecule has 0 heterocycles. The molecule has 0 amide bonds. The maximum Gasteiger partial charge on any atom is 0.305 e. The first kappa shape index (κ1) is 22.5. The number of carbonyl (C=O) groups excluding carboxylic acids is 1. The molecule has 2 aromatic carbocycles. The lowest BCUT2D eigenvalue weighted by atomic mass is 10.1. The predicted molar refractivity (Wildman–Crippen MR) is 113 cm³/mol. The van der Waals surface area contributed by atoms with Crippen LogP contribution in [0.15, 0.2) is 66.7 Å². The highest BCUT2D eigenvalue weighted by molar-refractivity contribution is 5.69. The molecule has 0 aliphatic carbocycles. The average molecular weight is 398 g/mol. The molecular weight excluding hydrogens is 368 g/mol. The maximum atomic E-state index is 11.1. The lowest BCUT2D eigenvalue weighted by molar-refractivity contribution is -0.141. The first-order chi connectivity index (χ1) is 14.2. The second-order valence-corrected chi connectivity index (χ2v) is 6.68. The summed E-state index contributed by atoms with van der Waals surface area (Å²) in [6, 6.07) is 17.7. The number of carbonyl (C=O) groups is 1. The number of allylic oxidation sites excluding steroid dienone is 1. The summed E-state index contributed by atoms with van der Waals surface area (Å²) in [4.78, 5) is 11.1. The lowest BCUT2D eigenvalue weighted by Crippen LogP contribution is -2.08. The van der Waals surface area contributed by atoms with Gasteiger partial charge in [0.15, 0.2) is 0 Å². The van der Waals surface area contributed by atoms with Crippen molar-refractivity contribution >= 4 is 5.97 Å². The Kier molecular flexibility index (Phi) is 10.4. The number of benzene rings is 2. The quantitative estimate of drug-likeness (QED) is 0.309. The largest absolute Gasteiger partial charge is 0.494 e. The fourth-order valence-electron chi connectivity index (χ4n) is 2.65. The highest BCUT2D eigenvalue weighted by Gasteiger charge is 2.04. The maximum absolute atomic E-state index is 11.1. The van der Waals surface area contributed by atoms with Crippen molar-refractivity contribution in [2.75, 3.05) is 20.3 Å². The number of methoxy groups -OCH3 is 1. The monoisotopic (exact) mass is 398 g/mol. The van der Waals surface area contributed by atoms with Gasteiger partial charge in [0, 0.05) is 6.42 Å². The lowest BCUT2D eigenvalue weighted by Gasteiger charge is -2.08. The molecule has 5 nitrogen and oxygen atoms in total. The van der Waals surface area contributed by atoms with Gasteiger partial charge in [-0.3, -0.25) is 4.79 Å². The summed E-state index contributed by atoms with van der Waals surface area (Å²) >= 11 is 0. The summed E-state index contributed by atoms with van der Waals surface area (Å²) in [5.41, 5.74) is 1.13. The van der Waals surface area contributed by atoms with Crippen LogP contribution in [-0.4, -0.2) is 37.5 Å². The van der Waals surface area contributed by atoms with Gasteiger partial charge >= 0.3 is 5.97 Å². The fourth-order valence-corrected chi connectivity index (χ4v) is 2.65. The molecule has 1 N–H and O–H groups in total. The van der Waals surface area contributed by atoms with Crippen molar-refractivity contribution in [2.24, 2.45) is 0 Å². The predicted octanol–water partition coefficient (Wildman–Crippen LogP) is 4.34. The van der Waals surface area contributed by atoms with E-state index in [1.165, 1.54) is 7.11 Å². The minimum atomic E-state index is -0.637. The highest BCUT2D eigenvalue weighted by Crippen LogP contribution is 2.14. The van der Waals surface area contributed by atoms with E-state index >= 15 is 0 Å². The number of rotatable bonds is 13. The molecule has 1 atom stereocenters. The Morgan fingerprint density at radius 1 is 0.966 bits per heavy atom. The number of esters is 1. The van der Waals surface area contributed by atoms with Crippen molar-refractivity contribution in [3.8, 4) is 11.5 Å². The van der Waals surface area contributed by atoms with E-state index in [0.717, 1.165) is 29.9 Å². The summed E-state index contributed by atoms with van der Waals surface area (Å²) in [5.74, 6) is 1.44. The van der Waals surface area contributed by atoms with Crippen LogP contribution in [0, 0.1) is 0 Å². The molecule has 29 heavy (non-hydrogen) atoms. The van der Waals surface area contributed by atoms with Gasteiger partial charge in [0.25, 0.3) is 0 Å². The average Bonchev–Trinajstić information content (AvgIpc) is 2.76. The zero-order valence-electron chi connectivity index (χ0n) is 17.0. The molecular formula is C24H30O5. The molecule has 0 aliphatic heterocycles. The molecule has 0 fully saturated rings. The van der Waals surface area contributed by atoms with Crippen LogP contribution in [0.4, 0.5) is 0 Å². The van der Waals surface area contributed by atoms with Crippen LogP contribution >= 0.6 is 0 Å². The molecule has 0 radical (unpaired) electrons. The number of hydrogen-bond acceptors (Lipinski definition) is 5. The van der Waals surface area contributed by atoms with E-state index in [1.54, 1.807) is 6.08 Å². The van der Waals surface area contributed by atoms with Gasteiger partial charge in [0.2, 0.25) is 0 Å². The van der Waals surface area contributed by atoms with Crippen LogP contribution in [-0.2, 0) is 16.0 Å². The minimum Gasteiger partial charge on any atom is -0.494 e. The third-order valence-corrected chi connectivity index (χ3v) is 4.33. The molecule has 0 bridgehead atoms. The number of aliphatic hydroxyl groups excluding tert-OH is 1. The number of unbranched alkanes of at least 4 members (excludes halogenated alkanes) is 1. The Labute approximate surface area is 172 Å². The van der Waals surface area contributed by atoms with Gasteiger partial charge in [0.05, 0.1) is 26.4 Å². The molecule has 156 valence electrons. The molecule has 0 aromatic heterocycles. The fraction of sp³-hybridized carbons (Fsp3) is 0.375. The molecule has 5 heteroatoms. The van der Waals surface area contributed by atoms with Gasteiger partial charge in [-0.2, -0.15) is 0 Å². The molecule has 0 unspecified atom stereocenters. The second-order valence-electron chi connectivity index (χ2n) is 6.68. The molecule has 0 saturated carbocycles. The SMILES string of the molecule is COC(=O)CC[C@@H](O)/C=C\Cc1ccc(OCCCCOc2ccccc2)cc1. The number of hydrogen-bond donors (Lipinski definition) is 1. The molecule has 0 saturated heterocycles. The van der Waals surface area contributed by atoms with E-state index in [4.69, 9.17) is 9.47 Å². The van der Waals surface area contributed by atoms with E-state index in [0.29, 0.717) is 26.1 Å². The van der Waals surface area contributed by atoms with Crippen molar-refractivity contribution in [1.29, 1.82) is 0 Å². The smallest absolute Gasteiger partial charge is 0.305 e. The van der Waals surface area contributed by atoms with Crippen LogP contribution in [0.25, 0.3) is 0 Å². The standard InChI is InChI=1S/C24H30O5/c1-27-24(26)17-14-21(25)9-7-8-20-12-15-23(16-13-20)29-19-6-5-18-28-22-10-3-2-4-11-22/h2-4,7,9-13,15-16,21,25H,5-6,8,14,17-19H2,1H3/b9-7-/t21-/m0/s1. The van der Waals surface area contributed by atoms with Gasteiger partial charge < -0.3 is 19.3 Å². The van der Waals surface area contributed by atoms with E-state index in [2.05, 4.69) is 4.74 Å². The molecule has 2 aromatic rings. The van der Waals surface area contributed by atoms with Gasteiger partial charge in [-0.15, -0.1) is 0 Å². The van der Waals surface area contributed by atoms with Crippen LogP contribution < -0.4 is 9.47 Å². The van der Waals surface area contributed by atoms with Gasteiger partial charge in [0.1, 0.15) is 11.5 Å². The minimum absolute atomic E-state index is 0.215. The summed E-state index contributed by atoms with van der Waals surface area (Å²) in [5, 5.41) is 9.82. The van der Waals surface area contributed by atoms with Crippen molar-refractivity contribution in [2.45, 2.75) is 38.2 Å². The topological polar surface area (TPSA) is 65.0 Å². The van der Waals surface area contributed by atoms with Crippen molar-refractivity contribution in [3.05, 3.63) is 72.3 Å². The highest BCUT2D eigenvalue weighted by atomic mass is 16.5. The Morgan fingerprint density at radius 3 is 2.21 bits per heavy atom. The van der Waals surface area contributed by atoms with Gasteiger partial charge in [-0.25, -0.2) is 0 Å². The van der Waals surface area contributed by atoms with Crippen LogP contribution in [0.2, 0.25) is 0 Å². The van der Waals surface area contributed by atoms with Crippen molar-refractivity contribution < 1.29 is 24.1 Å². The number of aliphatic hydroxyl groups is 1. The first-order valence-electron chi connectivity index (χ1n) is 9.98. The first-order valence-corrected chi connectivity index (χ1v) is 9.98.